The van der Waals surface area contributed by atoms with Crippen LogP contribution in [0.5, 0.6) is 0 Å². The van der Waals surface area contributed by atoms with Crippen molar-refractivity contribution in [1.82, 2.24) is 33.9 Å². The summed E-state index contributed by atoms with van der Waals surface area (Å²) in [5.41, 5.74) is 2.68. The number of aromatic nitrogens is 7. The SMILES string of the molecule is CC(F)(F)Cn1cc(-c2cc3nccn3c(-c3cnn(C(CC#N)C4CC4)c3)n2)cn1. The molecule has 31 heavy (non-hydrogen) atoms. The Kier molecular flexibility index (Phi) is 4.54. The highest BCUT2D eigenvalue weighted by molar-refractivity contribution is 5.68. The smallest absolute Gasteiger partial charge is 0.264 e. The second-order valence-corrected chi connectivity index (χ2v) is 8.09. The van der Waals surface area contributed by atoms with Crippen molar-refractivity contribution in [2.24, 2.45) is 5.92 Å². The molecule has 0 bridgehead atoms. The van der Waals surface area contributed by atoms with Crippen molar-refractivity contribution in [3.8, 4) is 28.7 Å². The van der Waals surface area contributed by atoms with Gasteiger partial charge in [0.2, 0.25) is 0 Å². The molecule has 0 amide bonds. The topological polar surface area (TPSA) is 89.6 Å². The second kappa shape index (κ2) is 7.27. The third kappa shape index (κ3) is 3.91. The maximum atomic E-state index is 13.3. The van der Waals surface area contributed by atoms with Crippen LogP contribution < -0.4 is 0 Å². The van der Waals surface area contributed by atoms with Crippen LogP contribution in [0.2, 0.25) is 0 Å². The zero-order valence-electron chi connectivity index (χ0n) is 16.9. The number of nitrogens with zero attached hydrogens (tertiary/aromatic N) is 8. The van der Waals surface area contributed by atoms with Gasteiger partial charge in [-0.2, -0.15) is 15.5 Å². The number of halogens is 2. The third-order valence-electron chi connectivity index (χ3n) is 5.42. The standard InChI is InChI=1S/C21H20F2N8/c1-21(22,23)13-29-11-15(9-26-29)17-8-19-25-6-7-30(19)20(28-17)16-10-27-31(12-16)18(4-5-24)14-2-3-14/h6-12,14,18H,2-4,13H2,1H3. The lowest BCUT2D eigenvalue weighted by Crippen LogP contribution is -2.19. The quantitative estimate of drug-likeness (QED) is 0.449. The summed E-state index contributed by atoms with van der Waals surface area (Å²) in [5, 5.41) is 17.7. The largest absolute Gasteiger partial charge is 0.284 e. The summed E-state index contributed by atoms with van der Waals surface area (Å²) < 4.78 is 31.6. The Balaban J connectivity index is 1.53. The van der Waals surface area contributed by atoms with Gasteiger partial charge >= 0.3 is 0 Å². The molecule has 8 nitrogen and oxygen atoms in total. The van der Waals surface area contributed by atoms with Crippen molar-refractivity contribution in [1.29, 1.82) is 5.26 Å². The maximum Gasteiger partial charge on any atom is 0.264 e. The molecule has 1 fully saturated rings. The Morgan fingerprint density at radius 3 is 2.77 bits per heavy atom. The van der Waals surface area contributed by atoms with Crippen molar-refractivity contribution in [2.75, 3.05) is 0 Å². The first-order chi connectivity index (χ1) is 14.9. The first-order valence-electron chi connectivity index (χ1n) is 10.1. The average molecular weight is 422 g/mol. The van der Waals surface area contributed by atoms with Gasteiger partial charge in [-0.15, -0.1) is 0 Å². The van der Waals surface area contributed by atoms with E-state index in [9.17, 15) is 14.0 Å². The van der Waals surface area contributed by atoms with Gasteiger partial charge in [-0.05, 0) is 18.8 Å². The van der Waals surface area contributed by atoms with Crippen LogP contribution in [0.1, 0.15) is 32.2 Å². The fourth-order valence-electron chi connectivity index (χ4n) is 3.83. The number of imidazole rings is 1. The zero-order chi connectivity index (χ0) is 21.6. The van der Waals surface area contributed by atoms with E-state index in [1.807, 2.05) is 21.5 Å². The lowest BCUT2D eigenvalue weighted by molar-refractivity contribution is 0.000603. The highest BCUT2D eigenvalue weighted by Gasteiger charge is 2.33. The molecule has 1 saturated carbocycles. The molecule has 0 aliphatic heterocycles. The molecule has 4 aromatic heterocycles. The monoisotopic (exact) mass is 422 g/mol. The fraction of sp³-hybridized carbons (Fsp3) is 0.381. The molecular formula is C21H20F2N8. The second-order valence-electron chi connectivity index (χ2n) is 8.09. The van der Waals surface area contributed by atoms with E-state index in [0.717, 1.165) is 25.3 Å². The third-order valence-corrected chi connectivity index (χ3v) is 5.42. The molecule has 0 N–H and O–H groups in total. The van der Waals surface area contributed by atoms with Crippen LogP contribution >= 0.6 is 0 Å². The Morgan fingerprint density at radius 2 is 2.03 bits per heavy atom. The molecular weight excluding hydrogens is 402 g/mol. The summed E-state index contributed by atoms with van der Waals surface area (Å²) in [6, 6.07) is 4.11. The van der Waals surface area contributed by atoms with E-state index in [1.165, 1.54) is 10.9 Å². The maximum absolute atomic E-state index is 13.3. The van der Waals surface area contributed by atoms with Gasteiger partial charge in [0.05, 0.1) is 42.2 Å². The minimum absolute atomic E-state index is 0.0640. The van der Waals surface area contributed by atoms with Gasteiger partial charge in [0.15, 0.2) is 0 Å². The number of hydrogen-bond acceptors (Lipinski definition) is 5. The summed E-state index contributed by atoms with van der Waals surface area (Å²) in [5.74, 6) is -1.73. The predicted octanol–water partition coefficient (Wildman–Crippen LogP) is 3.98. The molecule has 158 valence electrons. The van der Waals surface area contributed by atoms with E-state index in [2.05, 4.69) is 21.3 Å². The minimum atomic E-state index is -2.86. The first kappa shape index (κ1) is 19.4. The number of rotatable bonds is 7. The first-order valence-corrected chi connectivity index (χ1v) is 10.1. The Bertz CT molecular complexity index is 1270. The Labute approximate surface area is 176 Å². The molecule has 1 aliphatic rings. The van der Waals surface area contributed by atoms with Crippen LogP contribution in [0.3, 0.4) is 0 Å². The summed E-state index contributed by atoms with van der Waals surface area (Å²) in [7, 11) is 0. The van der Waals surface area contributed by atoms with Gasteiger partial charge < -0.3 is 0 Å². The van der Waals surface area contributed by atoms with Crippen LogP contribution in [0.4, 0.5) is 8.78 Å². The minimum Gasteiger partial charge on any atom is -0.284 e. The van der Waals surface area contributed by atoms with Crippen LogP contribution in [0, 0.1) is 17.2 Å². The predicted molar refractivity (Wildman–Crippen MR) is 108 cm³/mol. The van der Waals surface area contributed by atoms with Crippen LogP contribution in [0.15, 0.2) is 43.2 Å². The normalized spacial score (nSPS) is 15.3. The number of fused-ring (bicyclic) bond motifs is 1. The van der Waals surface area contributed by atoms with E-state index < -0.39 is 12.5 Å². The average Bonchev–Trinajstić information content (AvgIpc) is 3.10. The van der Waals surface area contributed by atoms with Gasteiger partial charge in [0.1, 0.15) is 18.0 Å². The molecule has 5 rings (SSSR count). The molecule has 1 unspecified atom stereocenters. The Hall–Kier alpha value is -3.61. The van der Waals surface area contributed by atoms with E-state index in [-0.39, 0.29) is 6.04 Å². The molecule has 10 heteroatoms. The van der Waals surface area contributed by atoms with E-state index >= 15 is 0 Å². The Morgan fingerprint density at radius 1 is 1.23 bits per heavy atom. The molecule has 0 spiro atoms. The molecule has 0 radical (unpaired) electrons. The fourth-order valence-corrected chi connectivity index (χ4v) is 3.83. The van der Waals surface area contributed by atoms with Crippen molar-refractivity contribution in [3.05, 3.63) is 43.2 Å². The van der Waals surface area contributed by atoms with Crippen molar-refractivity contribution < 1.29 is 8.78 Å². The van der Waals surface area contributed by atoms with Gasteiger partial charge in [0, 0.05) is 43.3 Å². The van der Waals surface area contributed by atoms with Crippen LogP contribution in [-0.2, 0) is 6.54 Å². The molecule has 0 saturated heterocycles. The van der Waals surface area contributed by atoms with Crippen LogP contribution in [-0.4, -0.2) is 39.9 Å². The van der Waals surface area contributed by atoms with E-state index in [0.29, 0.717) is 35.1 Å². The van der Waals surface area contributed by atoms with Crippen LogP contribution in [0.25, 0.3) is 28.3 Å². The van der Waals surface area contributed by atoms with E-state index in [1.54, 1.807) is 24.7 Å². The molecule has 1 aliphatic carbocycles. The van der Waals surface area contributed by atoms with Crippen molar-refractivity contribution in [3.63, 3.8) is 0 Å². The highest BCUT2D eigenvalue weighted by Crippen LogP contribution is 2.41. The van der Waals surface area contributed by atoms with Crippen molar-refractivity contribution >= 4 is 5.65 Å². The zero-order valence-corrected chi connectivity index (χ0v) is 16.9. The van der Waals surface area contributed by atoms with Gasteiger partial charge in [0.25, 0.3) is 5.92 Å². The van der Waals surface area contributed by atoms with Gasteiger partial charge in [-0.25, -0.2) is 18.7 Å². The number of alkyl halides is 2. The number of hydrogen-bond donors (Lipinski definition) is 0. The summed E-state index contributed by atoms with van der Waals surface area (Å²) in [6.07, 6.45) is 12.9. The lowest BCUT2D eigenvalue weighted by atomic mass is 10.1. The summed E-state index contributed by atoms with van der Waals surface area (Å²) in [4.78, 5) is 9.14. The highest BCUT2D eigenvalue weighted by atomic mass is 19.3. The number of nitriles is 1. The lowest BCUT2D eigenvalue weighted by Gasteiger charge is -2.12. The molecule has 0 aromatic carbocycles. The molecule has 4 heterocycles. The van der Waals surface area contributed by atoms with Gasteiger partial charge in [-0.1, -0.05) is 0 Å². The summed E-state index contributed by atoms with van der Waals surface area (Å²) >= 11 is 0. The van der Waals surface area contributed by atoms with E-state index in [4.69, 9.17) is 4.98 Å². The van der Waals surface area contributed by atoms with Crippen molar-refractivity contribution in [2.45, 2.75) is 44.7 Å². The molecule has 1 atom stereocenters. The van der Waals surface area contributed by atoms with Gasteiger partial charge in [-0.3, -0.25) is 13.8 Å². The molecule has 4 aromatic rings. The summed E-state index contributed by atoms with van der Waals surface area (Å²) in [6.45, 7) is 0.361.